The molecule has 0 saturated carbocycles. The monoisotopic (exact) mass is 355 g/mol. The molecule has 0 aliphatic carbocycles. The zero-order chi connectivity index (χ0) is 18.4. The molecule has 3 rings (SSSR count). The van der Waals surface area contributed by atoms with E-state index in [1.165, 1.54) is 11.6 Å². The zero-order valence-electron chi connectivity index (χ0n) is 15.1. The second-order valence-electron chi connectivity index (χ2n) is 6.78. The average Bonchev–Trinajstić information content (AvgIpc) is 3.07. The Labute approximate surface area is 153 Å². The van der Waals surface area contributed by atoms with E-state index >= 15 is 0 Å². The molecule has 0 radical (unpaired) electrons. The van der Waals surface area contributed by atoms with Crippen molar-refractivity contribution in [2.75, 3.05) is 13.1 Å². The van der Waals surface area contributed by atoms with Crippen molar-refractivity contribution in [3.05, 3.63) is 64.2 Å². The number of rotatable bonds is 7. The van der Waals surface area contributed by atoms with Crippen LogP contribution in [0.3, 0.4) is 0 Å². The highest BCUT2D eigenvalue weighted by Crippen LogP contribution is 2.19. The Kier molecular flexibility index (Phi) is 6.10. The van der Waals surface area contributed by atoms with Crippen LogP contribution in [-0.2, 0) is 11.2 Å². The highest BCUT2D eigenvalue weighted by Gasteiger charge is 2.27. The summed E-state index contributed by atoms with van der Waals surface area (Å²) in [5, 5.41) is 0. The van der Waals surface area contributed by atoms with Crippen LogP contribution in [-0.4, -0.2) is 30.0 Å². The summed E-state index contributed by atoms with van der Waals surface area (Å²) in [6.07, 6.45) is 4.22. The van der Waals surface area contributed by atoms with Gasteiger partial charge in [0.05, 0.1) is 12.6 Å². The van der Waals surface area contributed by atoms with Gasteiger partial charge in [-0.2, -0.15) is 0 Å². The van der Waals surface area contributed by atoms with Gasteiger partial charge >= 0.3 is 5.63 Å². The molecule has 5 heteroatoms. The first-order valence-corrected chi connectivity index (χ1v) is 9.20. The molecular weight excluding hydrogens is 330 g/mol. The fraction of sp³-hybridized carbons (Fsp3) is 0.429. The molecule has 1 aromatic carbocycles. The maximum absolute atomic E-state index is 12.4. The van der Waals surface area contributed by atoms with Crippen LogP contribution < -0.4 is 10.4 Å². The third-order valence-electron chi connectivity index (χ3n) is 4.62. The third-order valence-corrected chi connectivity index (χ3v) is 4.62. The summed E-state index contributed by atoms with van der Waals surface area (Å²) < 4.78 is 10.8. The number of likely N-dealkylation sites (tertiary alicyclic amines) is 1. The van der Waals surface area contributed by atoms with Crippen LogP contribution in [0.25, 0.3) is 0 Å². The average molecular weight is 355 g/mol. The number of benzene rings is 1. The van der Waals surface area contributed by atoms with Crippen molar-refractivity contribution in [1.29, 1.82) is 0 Å². The standard InChI is InChI=1S/C21H25NO4/c1-16-13-19(14-21(24)25-16)26-18-11-12-22(15-18)20(23)10-6-5-9-17-7-3-2-4-8-17/h2-4,7-8,13-14,18H,5-6,9-12,15H2,1H3. The van der Waals surface area contributed by atoms with Crippen LogP contribution in [0.1, 0.15) is 37.0 Å². The topological polar surface area (TPSA) is 59.8 Å². The quantitative estimate of drug-likeness (QED) is 0.715. The number of carbonyl (C=O) groups is 1. The minimum Gasteiger partial charge on any atom is -0.488 e. The second kappa shape index (κ2) is 8.70. The first-order chi connectivity index (χ1) is 12.6. The lowest BCUT2D eigenvalue weighted by molar-refractivity contribution is -0.130. The molecule has 1 unspecified atom stereocenters. The van der Waals surface area contributed by atoms with Crippen molar-refractivity contribution in [2.24, 2.45) is 0 Å². The highest BCUT2D eigenvalue weighted by atomic mass is 16.5. The predicted octanol–water partition coefficient (Wildman–Crippen LogP) is 3.34. The number of aryl methyl sites for hydroxylation is 2. The predicted molar refractivity (Wildman–Crippen MR) is 99.3 cm³/mol. The number of hydrogen-bond acceptors (Lipinski definition) is 4. The van der Waals surface area contributed by atoms with Gasteiger partial charge in [0.25, 0.3) is 0 Å². The summed E-state index contributed by atoms with van der Waals surface area (Å²) >= 11 is 0. The normalized spacial score (nSPS) is 16.7. The van der Waals surface area contributed by atoms with Gasteiger partial charge in [0.2, 0.25) is 5.91 Å². The van der Waals surface area contributed by atoms with E-state index in [1.807, 2.05) is 23.1 Å². The van der Waals surface area contributed by atoms with Crippen molar-refractivity contribution in [1.82, 2.24) is 4.90 Å². The van der Waals surface area contributed by atoms with E-state index < -0.39 is 5.63 Å². The first-order valence-electron chi connectivity index (χ1n) is 9.20. The van der Waals surface area contributed by atoms with Gasteiger partial charge in [0.15, 0.2) is 0 Å². The van der Waals surface area contributed by atoms with E-state index in [9.17, 15) is 9.59 Å². The maximum atomic E-state index is 12.4. The largest absolute Gasteiger partial charge is 0.488 e. The summed E-state index contributed by atoms with van der Waals surface area (Å²) in [7, 11) is 0. The van der Waals surface area contributed by atoms with Crippen molar-refractivity contribution < 1.29 is 13.9 Å². The lowest BCUT2D eigenvalue weighted by Gasteiger charge is -2.17. The summed E-state index contributed by atoms with van der Waals surface area (Å²) in [6, 6.07) is 13.4. The number of carbonyl (C=O) groups excluding carboxylic acids is 1. The molecule has 1 aromatic heterocycles. The SMILES string of the molecule is Cc1cc(OC2CCN(C(=O)CCCCc3ccccc3)C2)cc(=O)o1. The lowest BCUT2D eigenvalue weighted by Crippen LogP contribution is -2.30. The van der Waals surface area contributed by atoms with Gasteiger partial charge in [-0.3, -0.25) is 4.79 Å². The number of unbranched alkanes of at least 4 members (excludes halogenated alkanes) is 1. The second-order valence-corrected chi connectivity index (χ2v) is 6.78. The van der Waals surface area contributed by atoms with E-state index in [1.54, 1.807) is 13.0 Å². The molecule has 1 fully saturated rings. The number of nitrogens with zero attached hydrogens (tertiary/aromatic N) is 1. The molecule has 1 saturated heterocycles. The van der Waals surface area contributed by atoms with Gasteiger partial charge < -0.3 is 14.1 Å². The molecule has 0 spiro atoms. The molecule has 2 heterocycles. The van der Waals surface area contributed by atoms with E-state index in [0.717, 1.165) is 25.7 Å². The third kappa shape index (κ3) is 5.22. The van der Waals surface area contributed by atoms with E-state index in [0.29, 0.717) is 31.0 Å². The summed E-state index contributed by atoms with van der Waals surface area (Å²) in [5.41, 5.74) is 0.904. The molecular formula is C21H25NO4. The number of hydrogen-bond donors (Lipinski definition) is 0. The van der Waals surface area contributed by atoms with Gasteiger partial charge in [-0.25, -0.2) is 4.79 Å². The van der Waals surface area contributed by atoms with E-state index in [4.69, 9.17) is 9.15 Å². The molecule has 1 aliphatic rings. The number of ether oxygens (including phenoxy) is 1. The van der Waals surface area contributed by atoms with Crippen LogP contribution in [0.5, 0.6) is 5.75 Å². The van der Waals surface area contributed by atoms with Crippen molar-refractivity contribution in [3.8, 4) is 5.75 Å². The smallest absolute Gasteiger partial charge is 0.339 e. The Morgan fingerprint density at radius 2 is 2.04 bits per heavy atom. The van der Waals surface area contributed by atoms with Crippen molar-refractivity contribution in [3.63, 3.8) is 0 Å². The van der Waals surface area contributed by atoms with Gasteiger partial charge in [0, 0.05) is 25.5 Å². The maximum Gasteiger partial charge on any atom is 0.339 e. The van der Waals surface area contributed by atoms with Gasteiger partial charge in [-0.05, 0) is 31.7 Å². The van der Waals surface area contributed by atoms with Crippen LogP contribution >= 0.6 is 0 Å². The Morgan fingerprint density at radius 3 is 2.81 bits per heavy atom. The van der Waals surface area contributed by atoms with Crippen molar-refractivity contribution >= 4 is 5.91 Å². The first kappa shape index (κ1) is 18.2. The highest BCUT2D eigenvalue weighted by molar-refractivity contribution is 5.76. The zero-order valence-corrected chi connectivity index (χ0v) is 15.1. The Hall–Kier alpha value is -2.56. The molecule has 26 heavy (non-hydrogen) atoms. The van der Waals surface area contributed by atoms with Gasteiger partial charge in [0.1, 0.15) is 17.6 Å². The Bertz CT molecular complexity index is 784. The molecule has 138 valence electrons. The van der Waals surface area contributed by atoms with Gasteiger partial charge in [-0.1, -0.05) is 30.3 Å². The summed E-state index contributed by atoms with van der Waals surface area (Å²) in [5.74, 6) is 1.23. The molecule has 2 aromatic rings. The summed E-state index contributed by atoms with van der Waals surface area (Å²) in [4.78, 5) is 25.6. The van der Waals surface area contributed by atoms with E-state index in [-0.39, 0.29) is 12.0 Å². The Morgan fingerprint density at radius 1 is 1.23 bits per heavy atom. The van der Waals surface area contributed by atoms with Crippen LogP contribution in [0.2, 0.25) is 0 Å². The minimum atomic E-state index is -0.413. The van der Waals surface area contributed by atoms with Crippen LogP contribution in [0.4, 0.5) is 0 Å². The van der Waals surface area contributed by atoms with Gasteiger partial charge in [-0.15, -0.1) is 0 Å². The molecule has 5 nitrogen and oxygen atoms in total. The van der Waals surface area contributed by atoms with Crippen molar-refractivity contribution in [2.45, 2.75) is 45.1 Å². The molecule has 1 aliphatic heterocycles. The molecule has 1 atom stereocenters. The molecule has 0 N–H and O–H groups in total. The molecule has 0 bridgehead atoms. The number of amides is 1. The minimum absolute atomic E-state index is 0.0653. The lowest BCUT2D eigenvalue weighted by atomic mass is 10.1. The van der Waals surface area contributed by atoms with Crippen LogP contribution in [0, 0.1) is 6.92 Å². The molecule has 1 amide bonds. The fourth-order valence-electron chi connectivity index (χ4n) is 3.30. The fourth-order valence-corrected chi connectivity index (χ4v) is 3.30. The van der Waals surface area contributed by atoms with E-state index in [2.05, 4.69) is 12.1 Å². The Balaban J connectivity index is 1.40. The van der Waals surface area contributed by atoms with Crippen LogP contribution in [0.15, 0.2) is 51.7 Å². The summed E-state index contributed by atoms with van der Waals surface area (Å²) in [6.45, 7) is 3.01.